The molecule has 3 aromatic carbocycles. The Labute approximate surface area is 170 Å². The van der Waals surface area contributed by atoms with Crippen LogP contribution in [0.1, 0.15) is 22.8 Å². The first kappa shape index (κ1) is 18.6. The summed E-state index contributed by atoms with van der Waals surface area (Å²) in [6.45, 7) is 2.73. The molecule has 1 aliphatic rings. The number of para-hydroxylation sites is 1. The first-order chi connectivity index (χ1) is 13.7. The molecule has 0 unspecified atom stereocenters. The summed E-state index contributed by atoms with van der Waals surface area (Å²) in [6.07, 6.45) is 0.905. The maximum Gasteiger partial charge on any atom is 0.258 e. The van der Waals surface area contributed by atoms with Crippen LogP contribution < -0.4 is 9.64 Å². The third kappa shape index (κ3) is 4.07. The molecule has 0 fully saturated rings. The smallest absolute Gasteiger partial charge is 0.258 e. The molecule has 3 nitrogen and oxygen atoms in total. The Morgan fingerprint density at radius 1 is 1.00 bits per heavy atom. The van der Waals surface area contributed by atoms with Crippen molar-refractivity contribution in [2.45, 2.75) is 24.3 Å². The Hall–Kier alpha value is -2.72. The molecule has 1 aliphatic heterocycles. The highest BCUT2D eigenvalue weighted by atomic mass is 32.2. The van der Waals surface area contributed by atoms with Crippen molar-refractivity contribution in [2.75, 3.05) is 17.3 Å². The molecule has 0 saturated carbocycles. The second-order valence-electron chi connectivity index (χ2n) is 6.89. The van der Waals surface area contributed by atoms with E-state index in [-0.39, 0.29) is 11.9 Å². The molecule has 0 spiro atoms. The minimum atomic E-state index is 0.0450. The summed E-state index contributed by atoms with van der Waals surface area (Å²) >= 11 is 1.77. The average molecular weight is 390 g/mol. The summed E-state index contributed by atoms with van der Waals surface area (Å²) in [7, 11) is 0. The molecule has 4 heteroatoms. The van der Waals surface area contributed by atoms with Crippen molar-refractivity contribution in [3.8, 4) is 5.75 Å². The molecule has 0 saturated heterocycles. The van der Waals surface area contributed by atoms with Gasteiger partial charge < -0.3 is 9.64 Å². The highest BCUT2D eigenvalue weighted by molar-refractivity contribution is 7.99. The summed E-state index contributed by atoms with van der Waals surface area (Å²) in [5, 5.41) is 0. The highest BCUT2D eigenvalue weighted by Crippen LogP contribution is 2.33. The molecular weight excluding hydrogens is 366 g/mol. The van der Waals surface area contributed by atoms with Gasteiger partial charge >= 0.3 is 0 Å². The fourth-order valence-corrected chi connectivity index (χ4v) is 4.30. The number of benzene rings is 3. The van der Waals surface area contributed by atoms with Crippen molar-refractivity contribution in [2.24, 2.45) is 0 Å². The number of anilines is 1. The van der Waals surface area contributed by atoms with E-state index in [0.717, 1.165) is 23.6 Å². The predicted octanol–water partition coefficient (Wildman–Crippen LogP) is 5.45. The van der Waals surface area contributed by atoms with Gasteiger partial charge in [-0.1, -0.05) is 36.4 Å². The Morgan fingerprint density at radius 2 is 1.71 bits per heavy atom. The lowest BCUT2D eigenvalue weighted by Crippen LogP contribution is -2.35. The fourth-order valence-electron chi connectivity index (χ4n) is 3.54. The molecule has 0 bridgehead atoms. The number of amides is 1. The lowest BCUT2D eigenvalue weighted by molar-refractivity contribution is 0.0981. The number of ether oxygens (including phenoxy) is 1. The molecule has 0 radical (unpaired) electrons. The van der Waals surface area contributed by atoms with Crippen molar-refractivity contribution in [3.05, 3.63) is 90.0 Å². The van der Waals surface area contributed by atoms with Crippen molar-refractivity contribution in [1.82, 2.24) is 0 Å². The molecule has 1 amide bonds. The van der Waals surface area contributed by atoms with Gasteiger partial charge in [-0.2, -0.15) is 0 Å². The maximum atomic E-state index is 13.0. The molecule has 1 heterocycles. The minimum absolute atomic E-state index is 0.0450. The van der Waals surface area contributed by atoms with Gasteiger partial charge in [0, 0.05) is 27.9 Å². The van der Waals surface area contributed by atoms with Crippen molar-refractivity contribution < 1.29 is 9.53 Å². The Balaban J connectivity index is 1.35. The lowest BCUT2D eigenvalue weighted by atomic mass is 10.1. The van der Waals surface area contributed by atoms with E-state index >= 15 is 0 Å². The molecule has 0 aromatic heterocycles. The third-order valence-electron chi connectivity index (χ3n) is 4.89. The third-order valence-corrected chi connectivity index (χ3v) is 5.87. The maximum absolute atomic E-state index is 13.0. The van der Waals surface area contributed by atoms with E-state index in [1.807, 2.05) is 65.6 Å². The summed E-state index contributed by atoms with van der Waals surface area (Å²) in [5.74, 6) is 1.72. The SMILES string of the molecule is C[C@@H]1Cc2ccccc2N1C(=O)c1ccc(OCCSc2ccccc2)cc1. The number of carbonyl (C=O) groups is 1. The van der Waals surface area contributed by atoms with Crippen LogP contribution in [-0.2, 0) is 6.42 Å². The summed E-state index contributed by atoms with van der Waals surface area (Å²) in [5.41, 5.74) is 2.95. The summed E-state index contributed by atoms with van der Waals surface area (Å²) < 4.78 is 5.82. The first-order valence-corrected chi connectivity index (χ1v) is 10.5. The van der Waals surface area contributed by atoms with Crippen LogP contribution >= 0.6 is 11.8 Å². The second-order valence-corrected chi connectivity index (χ2v) is 8.06. The molecule has 142 valence electrons. The van der Waals surface area contributed by atoms with E-state index in [1.165, 1.54) is 10.5 Å². The van der Waals surface area contributed by atoms with Gasteiger partial charge in [-0.05, 0) is 61.4 Å². The van der Waals surface area contributed by atoms with Crippen LogP contribution in [0.5, 0.6) is 5.75 Å². The number of hydrogen-bond donors (Lipinski definition) is 0. The van der Waals surface area contributed by atoms with Crippen LogP contribution in [-0.4, -0.2) is 24.3 Å². The fraction of sp³-hybridized carbons (Fsp3) is 0.208. The van der Waals surface area contributed by atoms with Gasteiger partial charge in [0.25, 0.3) is 5.91 Å². The van der Waals surface area contributed by atoms with Crippen LogP contribution in [0.4, 0.5) is 5.69 Å². The van der Waals surface area contributed by atoms with E-state index in [2.05, 4.69) is 25.1 Å². The molecule has 0 N–H and O–H groups in total. The molecular formula is C24H23NO2S. The van der Waals surface area contributed by atoms with Gasteiger partial charge in [-0.15, -0.1) is 11.8 Å². The lowest BCUT2D eigenvalue weighted by Gasteiger charge is -2.23. The summed E-state index contributed by atoms with van der Waals surface area (Å²) in [4.78, 5) is 16.2. The van der Waals surface area contributed by atoms with Gasteiger partial charge in [-0.25, -0.2) is 0 Å². The van der Waals surface area contributed by atoms with Crippen LogP contribution in [0.15, 0.2) is 83.8 Å². The van der Waals surface area contributed by atoms with Gasteiger partial charge in [0.1, 0.15) is 5.75 Å². The minimum Gasteiger partial charge on any atom is -0.493 e. The number of nitrogens with zero attached hydrogens (tertiary/aromatic N) is 1. The Bertz CT molecular complexity index is 940. The van der Waals surface area contributed by atoms with Crippen molar-refractivity contribution >= 4 is 23.4 Å². The van der Waals surface area contributed by atoms with Gasteiger partial charge in [-0.3, -0.25) is 4.79 Å². The van der Waals surface area contributed by atoms with Crippen LogP contribution in [0.3, 0.4) is 0 Å². The highest BCUT2D eigenvalue weighted by Gasteiger charge is 2.31. The Kier molecular flexibility index (Phi) is 5.68. The topological polar surface area (TPSA) is 29.5 Å². The zero-order chi connectivity index (χ0) is 19.3. The second kappa shape index (κ2) is 8.53. The standard InChI is InChI=1S/C24H23NO2S/c1-18-17-20-7-5-6-10-23(20)25(18)24(26)19-11-13-21(14-12-19)27-15-16-28-22-8-3-2-4-9-22/h2-14,18H,15-17H2,1H3/t18-/m1/s1. The predicted molar refractivity (Wildman–Crippen MR) is 116 cm³/mol. The van der Waals surface area contributed by atoms with Crippen molar-refractivity contribution in [3.63, 3.8) is 0 Å². The number of fused-ring (bicyclic) bond motifs is 1. The first-order valence-electron chi connectivity index (χ1n) is 9.54. The zero-order valence-corrected chi connectivity index (χ0v) is 16.7. The van der Waals surface area contributed by atoms with Crippen LogP contribution in [0.2, 0.25) is 0 Å². The van der Waals surface area contributed by atoms with Crippen LogP contribution in [0, 0.1) is 0 Å². The summed E-state index contributed by atoms with van der Waals surface area (Å²) in [6, 6.07) is 26.1. The van der Waals surface area contributed by atoms with Gasteiger partial charge in [0.15, 0.2) is 0 Å². The van der Waals surface area contributed by atoms with Gasteiger partial charge in [0.2, 0.25) is 0 Å². The molecule has 28 heavy (non-hydrogen) atoms. The van der Waals surface area contributed by atoms with Crippen LogP contribution in [0.25, 0.3) is 0 Å². The molecule has 1 atom stereocenters. The molecule has 0 aliphatic carbocycles. The quantitative estimate of drug-likeness (QED) is 0.415. The number of rotatable bonds is 6. The molecule has 4 rings (SSSR count). The number of hydrogen-bond acceptors (Lipinski definition) is 3. The normalized spacial score (nSPS) is 15.3. The average Bonchev–Trinajstić information content (AvgIpc) is 3.07. The zero-order valence-electron chi connectivity index (χ0n) is 15.9. The number of carbonyl (C=O) groups excluding carboxylic acids is 1. The largest absolute Gasteiger partial charge is 0.493 e. The molecule has 3 aromatic rings. The monoisotopic (exact) mass is 389 g/mol. The van der Waals surface area contributed by atoms with Gasteiger partial charge in [0.05, 0.1) is 6.61 Å². The van der Waals surface area contributed by atoms with E-state index in [9.17, 15) is 4.79 Å². The van der Waals surface area contributed by atoms with E-state index in [4.69, 9.17) is 4.74 Å². The number of thioether (sulfide) groups is 1. The Morgan fingerprint density at radius 3 is 2.50 bits per heavy atom. The van der Waals surface area contributed by atoms with E-state index in [1.54, 1.807) is 11.8 Å². The van der Waals surface area contributed by atoms with Crippen molar-refractivity contribution in [1.29, 1.82) is 0 Å². The van der Waals surface area contributed by atoms with E-state index < -0.39 is 0 Å². The van der Waals surface area contributed by atoms with E-state index in [0.29, 0.717) is 12.2 Å².